The Balaban J connectivity index is 2.04. The van der Waals surface area contributed by atoms with E-state index in [1.54, 1.807) is 18.0 Å². The number of rotatable bonds is 3. The highest BCUT2D eigenvalue weighted by Gasteiger charge is 1.99. The normalized spacial score (nSPS) is 10.5. The van der Waals surface area contributed by atoms with E-state index in [1.807, 2.05) is 12.1 Å². The van der Waals surface area contributed by atoms with Crippen LogP contribution in [0.3, 0.4) is 0 Å². The molecule has 1 aromatic heterocycles. The van der Waals surface area contributed by atoms with Crippen LogP contribution in [-0.2, 0) is 5.75 Å². The third-order valence-electron chi connectivity index (χ3n) is 2.43. The van der Waals surface area contributed by atoms with Crippen LogP contribution in [0.2, 0.25) is 0 Å². The van der Waals surface area contributed by atoms with Crippen molar-refractivity contribution in [3.8, 4) is 0 Å². The highest BCUT2D eigenvalue weighted by molar-refractivity contribution is 7.98. The van der Waals surface area contributed by atoms with Gasteiger partial charge in [0.2, 0.25) is 0 Å². The van der Waals surface area contributed by atoms with E-state index in [1.165, 1.54) is 16.7 Å². The lowest BCUT2D eigenvalue weighted by Gasteiger charge is -2.04. The van der Waals surface area contributed by atoms with E-state index < -0.39 is 0 Å². The summed E-state index contributed by atoms with van der Waals surface area (Å²) in [4.78, 5) is 4.28. The van der Waals surface area contributed by atoms with Gasteiger partial charge in [0, 0.05) is 5.75 Å². The molecule has 2 aromatic rings. The van der Waals surface area contributed by atoms with Crippen LogP contribution in [0, 0.1) is 13.8 Å². The highest BCUT2D eigenvalue weighted by atomic mass is 32.2. The number of anilines is 1. The summed E-state index contributed by atoms with van der Waals surface area (Å²) in [5, 5.41) is 1.01. The van der Waals surface area contributed by atoms with Crippen molar-refractivity contribution in [1.82, 2.24) is 4.98 Å². The zero-order valence-electron chi connectivity index (χ0n) is 10.1. The van der Waals surface area contributed by atoms with E-state index in [0.717, 1.165) is 10.8 Å². The standard InChI is InChI=1S/C14H16N2S/c1-10-5-11(2)7-12(6-10)9-17-14-4-3-13(15)8-16-14/h3-8H,9,15H2,1-2H3. The average molecular weight is 244 g/mol. The van der Waals surface area contributed by atoms with Gasteiger partial charge in [0.15, 0.2) is 0 Å². The molecule has 88 valence electrons. The summed E-state index contributed by atoms with van der Waals surface area (Å²) in [7, 11) is 0. The molecule has 0 radical (unpaired) electrons. The molecule has 0 atom stereocenters. The number of hydrogen-bond acceptors (Lipinski definition) is 3. The van der Waals surface area contributed by atoms with Gasteiger partial charge in [-0.3, -0.25) is 0 Å². The maximum absolute atomic E-state index is 5.60. The van der Waals surface area contributed by atoms with E-state index in [0.29, 0.717) is 5.69 Å². The Bertz CT molecular complexity index is 486. The van der Waals surface area contributed by atoms with E-state index in [-0.39, 0.29) is 0 Å². The lowest BCUT2D eigenvalue weighted by atomic mass is 10.1. The number of aromatic nitrogens is 1. The van der Waals surface area contributed by atoms with Gasteiger partial charge in [-0.05, 0) is 31.5 Å². The van der Waals surface area contributed by atoms with Gasteiger partial charge in [0.05, 0.1) is 16.9 Å². The van der Waals surface area contributed by atoms with Crippen molar-refractivity contribution in [2.24, 2.45) is 0 Å². The van der Waals surface area contributed by atoms with Crippen LogP contribution in [0.4, 0.5) is 5.69 Å². The number of pyridine rings is 1. The molecule has 0 spiro atoms. The summed E-state index contributed by atoms with van der Waals surface area (Å²) in [6.45, 7) is 4.26. The van der Waals surface area contributed by atoms with E-state index >= 15 is 0 Å². The largest absolute Gasteiger partial charge is 0.397 e. The number of benzene rings is 1. The predicted octanol–water partition coefficient (Wildman–Crippen LogP) is 3.57. The maximum Gasteiger partial charge on any atom is 0.0964 e. The number of thioether (sulfide) groups is 1. The Kier molecular flexibility index (Phi) is 3.69. The molecule has 1 aromatic carbocycles. The summed E-state index contributed by atoms with van der Waals surface area (Å²) in [5.74, 6) is 0.944. The Morgan fingerprint density at radius 3 is 2.41 bits per heavy atom. The average Bonchev–Trinajstić information content (AvgIpc) is 2.27. The summed E-state index contributed by atoms with van der Waals surface area (Å²) < 4.78 is 0. The molecule has 0 unspecified atom stereocenters. The Hall–Kier alpha value is -1.48. The van der Waals surface area contributed by atoms with Crippen molar-refractivity contribution in [3.63, 3.8) is 0 Å². The van der Waals surface area contributed by atoms with Crippen LogP contribution in [0.5, 0.6) is 0 Å². The van der Waals surface area contributed by atoms with Gasteiger partial charge in [0.1, 0.15) is 0 Å². The van der Waals surface area contributed by atoms with Gasteiger partial charge >= 0.3 is 0 Å². The smallest absolute Gasteiger partial charge is 0.0964 e. The van der Waals surface area contributed by atoms with Crippen molar-refractivity contribution in [2.45, 2.75) is 24.6 Å². The molecule has 0 fully saturated rings. The highest BCUT2D eigenvalue weighted by Crippen LogP contribution is 2.22. The summed E-state index contributed by atoms with van der Waals surface area (Å²) in [6.07, 6.45) is 1.70. The first-order valence-electron chi connectivity index (χ1n) is 5.55. The number of nitrogens with two attached hydrogens (primary N) is 1. The zero-order valence-corrected chi connectivity index (χ0v) is 10.9. The summed E-state index contributed by atoms with van der Waals surface area (Å²) in [5.41, 5.74) is 10.3. The van der Waals surface area contributed by atoms with Gasteiger partial charge in [-0.15, -0.1) is 11.8 Å². The third-order valence-corrected chi connectivity index (χ3v) is 3.44. The van der Waals surface area contributed by atoms with E-state index in [2.05, 4.69) is 37.0 Å². The molecule has 1 heterocycles. The molecule has 2 rings (SSSR count). The van der Waals surface area contributed by atoms with Crippen LogP contribution in [0.15, 0.2) is 41.6 Å². The molecule has 2 N–H and O–H groups in total. The lowest BCUT2D eigenvalue weighted by molar-refractivity contribution is 1.13. The minimum Gasteiger partial charge on any atom is -0.397 e. The van der Waals surface area contributed by atoms with Gasteiger partial charge in [-0.25, -0.2) is 4.98 Å². The second-order valence-corrected chi connectivity index (χ2v) is 5.21. The molecule has 0 saturated carbocycles. The second-order valence-electron chi connectivity index (χ2n) is 4.21. The Labute approximate surface area is 106 Å². The van der Waals surface area contributed by atoms with Crippen molar-refractivity contribution in [1.29, 1.82) is 0 Å². The van der Waals surface area contributed by atoms with E-state index in [4.69, 9.17) is 5.73 Å². The molecule has 17 heavy (non-hydrogen) atoms. The first-order valence-corrected chi connectivity index (χ1v) is 6.53. The molecule has 0 aliphatic rings. The molecule has 0 bridgehead atoms. The molecule has 0 aliphatic heterocycles. The number of aryl methyl sites for hydroxylation is 2. The van der Waals surface area contributed by atoms with Crippen molar-refractivity contribution in [2.75, 3.05) is 5.73 Å². The molecule has 3 heteroatoms. The van der Waals surface area contributed by atoms with Crippen LogP contribution in [0.25, 0.3) is 0 Å². The fourth-order valence-corrected chi connectivity index (χ4v) is 2.56. The Morgan fingerprint density at radius 1 is 1.12 bits per heavy atom. The predicted molar refractivity (Wildman–Crippen MR) is 74.1 cm³/mol. The van der Waals surface area contributed by atoms with Crippen LogP contribution >= 0.6 is 11.8 Å². The van der Waals surface area contributed by atoms with Gasteiger partial charge in [-0.2, -0.15) is 0 Å². The minimum atomic E-state index is 0.709. The topological polar surface area (TPSA) is 38.9 Å². The molecular formula is C14H16N2S. The van der Waals surface area contributed by atoms with Crippen molar-refractivity contribution < 1.29 is 0 Å². The fraction of sp³-hybridized carbons (Fsp3) is 0.214. The van der Waals surface area contributed by atoms with E-state index in [9.17, 15) is 0 Å². The second kappa shape index (κ2) is 5.23. The zero-order chi connectivity index (χ0) is 12.3. The van der Waals surface area contributed by atoms with Crippen LogP contribution < -0.4 is 5.73 Å². The fourth-order valence-electron chi connectivity index (χ4n) is 1.79. The van der Waals surface area contributed by atoms with Crippen molar-refractivity contribution in [3.05, 3.63) is 53.2 Å². The SMILES string of the molecule is Cc1cc(C)cc(CSc2ccc(N)cn2)c1. The molecular weight excluding hydrogens is 228 g/mol. The summed E-state index contributed by atoms with van der Waals surface area (Å²) >= 11 is 1.73. The minimum absolute atomic E-state index is 0.709. The van der Waals surface area contributed by atoms with Gasteiger partial charge < -0.3 is 5.73 Å². The first kappa shape index (κ1) is 12.0. The quantitative estimate of drug-likeness (QED) is 0.839. The van der Waals surface area contributed by atoms with Crippen molar-refractivity contribution >= 4 is 17.4 Å². The lowest BCUT2D eigenvalue weighted by Crippen LogP contribution is -1.88. The first-order chi connectivity index (χ1) is 8.13. The molecule has 0 amide bonds. The van der Waals surface area contributed by atoms with Crippen LogP contribution in [-0.4, -0.2) is 4.98 Å². The maximum atomic E-state index is 5.60. The number of nitrogens with zero attached hydrogens (tertiary/aromatic N) is 1. The van der Waals surface area contributed by atoms with Crippen LogP contribution in [0.1, 0.15) is 16.7 Å². The monoisotopic (exact) mass is 244 g/mol. The molecule has 0 aliphatic carbocycles. The third kappa shape index (κ3) is 3.49. The summed E-state index contributed by atoms with van der Waals surface area (Å²) in [6, 6.07) is 10.5. The van der Waals surface area contributed by atoms with Gasteiger partial charge in [-0.1, -0.05) is 29.3 Å². The van der Waals surface area contributed by atoms with Gasteiger partial charge in [0.25, 0.3) is 0 Å². The number of hydrogen-bond donors (Lipinski definition) is 1. The number of nitrogen functional groups attached to an aromatic ring is 1. The molecule has 0 saturated heterocycles. The molecule has 2 nitrogen and oxygen atoms in total. The Morgan fingerprint density at radius 2 is 1.82 bits per heavy atom.